The van der Waals surface area contributed by atoms with E-state index in [1.165, 1.54) is 13.1 Å². The maximum absolute atomic E-state index is 13.0. The molecule has 182 valence electrons. The van der Waals surface area contributed by atoms with E-state index in [2.05, 4.69) is 29.8 Å². The number of esters is 2. The Morgan fingerprint density at radius 1 is 1.24 bits per heavy atom. The van der Waals surface area contributed by atoms with Crippen LogP contribution in [0.15, 0.2) is 21.0 Å². The largest absolute Gasteiger partial charge is 0.468 e. The van der Waals surface area contributed by atoms with E-state index in [-0.39, 0.29) is 12.2 Å². The summed E-state index contributed by atoms with van der Waals surface area (Å²) in [5, 5.41) is 7.88. The predicted molar refractivity (Wildman–Crippen MR) is 111 cm³/mol. The van der Waals surface area contributed by atoms with Crippen LogP contribution in [0.2, 0.25) is 0 Å². The molecule has 0 saturated carbocycles. The Bertz CT molecular complexity index is 1070. The first kappa shape index (κ1) is 26.3. The molecule has 0 aromatic carbocycles. The number of aromatic nitrogens is 2. The third kappa shape index (κ3) is 6.99. The number of nitrogens with zero attached hydrogens (tertiary/aromatic N) is 5. The molecule has 33 heavy (non-hydrogen) atoms. The number of aryl methyl sites for hydroxylation is 1. The minimum atomic E-state index is -3.89. The second kappa shape index (κ2) is 11.7. The van der Waals surface area contributed by atoms with Gasteiger partial charge in [-0.3, -0.25) is 18.7 Å². The van der Waals surface area contributed by atoms with E-state index in [1.807, 2.05) is 0 Å². The molecular formula is C16H24N7O9P. The van der Waals surface area contributed by atoms with Crippen molar-refractivity contribution in [1.29, 1.82) is 0 Å². The number of azide groups is 1. The van der Waals surface area contributed by atoms with Crippen molar-refractivity contribution in [2.24, 2.45) is 5.22 Å². The third-order valence-electron chi connectivity index (χ3n) is 4.55. The van der Waals surface area contributed by atoms with Crippen molar-refractivity contribution >= 4 is 19.6 Å². The summed E-state index contributed by atoms with van der Waals surface area (Å²) in [6.45, 7) is 0.324. The molecule has 16 nitrogen and oxygen atoms in total. The molecular weight excluding hydrogens is 465 g/mol. The quantitative estimate of drug-likeness (QED) is 0.136. The highest BCUT2D eigenvalue weighted by molar-refractivity contribution is 7.54. The van der Waals surface area contributed by atoms with Gasteiger partial charge in [0.15, 0.2) is 0 Å². The first-order valence-electron chi connectivity index (χ1n) is 9.58. The lowest BCUT2D eigenvalue weighted by molar-refractivity contribution is -0.139. The summed E-state index contributed by atoms with van der Waals surface area (Å²) >= 11 is 0. The second-order valence-corrected chi connectivity index (χ2v) is 8.75. The zero-order valence-electron chi connectivity index (χ0n) is 18.1. The van der Waals surface area contributed by atoms with Crippen molar-refractivity contribution in [2.45, 2.75) is 32.1 Å². The van der Waals surface area contributed by atoms with Gasteiger partial charge in [-0.15, -0.1) is 5.53 Å². The fourth-order valence-electron chi connectivity index (χ4n) is 2.84. The van der Waals surface area contributed by atoms with E-state index in [4.69, 9.17) is 14.8 Å². The van der Waals surface area contributed by atoms with Crippen LogP contribution in [-0.2, 0) is 32.9 Å². The number of ether oxygens (including phenoxy) is 3. The number of carbonyl (C=O) groups is 2. The van der Waals surface area contributed by atoms with Gasteiger partial charge in [-0.05, 0) is 25.0 Å². The molecule has 1 saturated heterocycles. The van der Waals surface area contributed by atoms with E-state index in [1.54, 1.807) is 0 Å². The summed E-state index contributed by atoms with van der Waals surface area (Å²) < 4.78 is 34.6. The predicted octanol–water partition coefficient (Wildman–Crippen LogP) is -0.281. The Hall–Kier alpha value is -3.00. The van der Waals surface area contributed by atoms with Gasteiger partial charge >= 0.3 is 30.9 Å². The first-order valence-corrected chi connectivity index (χ1v) is 11.2. The van der Waals surface area contributed by atoms with Crippen LogP contribution in [-0.4, -0.2) is 61.2 Å². The fourth-order valence-corrected chi connectivity index (χ4v) is 4.18. The molecule has 0 bridgehead atoms. The second-order valence-electron chi connectivity index (χ2n) is 6.76. The van der Waals surface area contributed by atoms with Crippen LogP contribution >= 0.6 is 7.67 Å². The molecule has 1 aromatic rings. The number of methoxy groups -OCH3 is 2. The summed E-state index contributed by atoms with van der Waals surface area (Å²) in [5.41, 5.74) is 7.14. The third-order valence-corrected chi connectivity index (χ3v) is 6.21. The molecule has 2 N–H and O–H groups in total. The van der Waals surface area contributed by atoms with E-state index in [9.17, 15) is 23.7 Å². The fraction of sp³-hybridized carbons (Fsp3) is 0.625. The van der Waals surface area contributed by atoms with Gasteiger partial charge in [0.2, 0.25) is 0 Å². The van der Waals surface area contributed by atoms with Crippen LogP contribution in [0.25, 0.3) is 10.4 Å². The van der Waals surface area contributed by atoms with Gasteiger partial charge < -0.3 is 18.7 Å². The lowest BCUT2D eigenvalue weighted by Gasteiger charge is -2.22. The van der Waals surface area contributed by atoms with Crippen molar-refractivity contribution in [3.05, 3.63) is 43.0 Å². The zero-order valence-corrected chi connectivity index (χ0v) is 19.0. The minimum absolute atomic E-state index is 0.161. The summed E-state index contributed by atoms with van der Waals surface area (Å²) in [6, 6.07) is 0. The smallest absolute Gasteiger partial charge is 0.428 e. The molecule has 0 spiro atoms. The van der Waals surface area contributed by atoms with Crippen LogP contribution < -0.4 is 21.4 Å². The summed E-state index contributed by atoms with van der Waals surface area (Å²) in [5.74, 6) is -1.42. The van der Waals surface area contributed by atoms with Gasteiger partial charge in [0.05, 0.1) is 32.5 Å². The molecule has 1 aromatic heterocycles. The molecule has 1 fully saturated rings. The van der Waals surface area contributed by atoms with Crippen LogP contribution in [0.4, 0.5) is 0 Å². The van der Waals surface area contributed by atoms with E-state index < -0.39 is 56.3 Å². The molecule has 2 rings (SSSR count). The molecule has 0 aliphatic carbocycles. The highest BCUT2D eigenvalue weighted by Gasteiger charge is 2.33. The normalized spacial score (nSPS) is 17.9. The Morgan fingerprint density at radius 2 is 1.85 bits per heavy atom. The molecule has 2 heterocycles. The van der Waals surface area contributed by atoms with Crippen LogP contribution in [0.3, 0.4) is 0 Å². The van der Waals surface area contributed by atoms with Crippen molar-refractivity contribution in [2.75, 3.05) is 33.9 Å². The van der Waals surface area contributed by atoms with E-state index >= 15 is 0 Å². The summed E-state index contributed by atoms with van der Waals surface area (Å²) in [4.78, 5) is 49.7. The lowest BCUT2D eigenvalue weighted by Crippen LogP contribution is -2.40. The van der Waals surface area contributed by atoms with Crippen molar-refractivity contribution in [3.63, 3.8) is 0 Å². The minimum Gasteiger partial charge on any atom is -0.468 e. The average molecular weight is 489 g/mol. The van der Waals surface area contributed by atoms with Gasteiger partial charge in [0, 0.05) is 6.20 Å². The molecule has 0 amide bonds. The number of rotatable bonds is 11. The molecule has 0 radical (unpaired) electrons. The Labute approximate surface area is 186 Å². The Balaban J connectivity index is 2.09. The van der Waals surface area contributed by atoms with Crippen molar-refractivity contribution in [1.82, 2.24) is 19.4 Å². The highest BCUT2D eigenvalue weighted by Crippen LogP contribution is 2.39. The van der Waals surface area contributed by atoms with E-state index in [0.717, 1.165) is 18.8 Å². The SMILES string of the molecule is COC(=O)CNP(=O)(NCC(=O)OC)OC[C@@H]1CC[C@H](n2cc(C)c(=O)n(N=[N+]=[N-])c2=O)O1. The topological polar surface area (TPSA) is 205 Å². The van der Waals surface area contributed by atoms with Gasteiger partial charge in [-0.1, -0.05) is 4.68 Å². The number of carbonyl (C=O) groups excluding carboxylic acids is 2. The van der Waals surface area contributed by atoms with Crippen LogP contribution in [0.1, 0.15) is 24.6 Å². The van der Waals surface area contributed by atoms with Crippen LogP contribution in [0.5, 0.6) is 0 Å². The zero-order chi connectivity index (χ0) is 24.6. The Kier molecular flexibility index (Phi) is 9.34. The monoisotopic (exact) mass is 489 g/mol. The van der Waals surface area contributed by atoms with Gasteiger partial charge in [0.25, 0.3) is 0 Å². The molecule has 1 aliphatic heterocycles. The number of nitrogens with one attached hydrogen (secondary N) is 2. The number of hydrogen-bond donors (Lipinski definition) is 2. The first-order chi connectivity index (χ1) is 15.6. The van der Waals surface area contributed by atoms with Crippen molar-refractivity contribution < 1.29 is 32.9 Å². The van der Waals surface area contributed by atoms with Gasteiger partial charge in [0.1, 0.15) is 19.3 Å². The average Bonchev–Trinajstić information content (AvgIpc) is 3.28. The van der Waals surface area contributed by atoms with E-state index in [0.29, 0.717) is 17.5 Å². The summed E-state index contributed by atoms with van der Waals surface area (Å²) in [6.07, 6.45) is 0.622. The van der Waals surface area contributed by atoms with Crippen LogP contribution in [0, 0.1) is 6.92 Å². The summed E-state index contributed by atoms with van der Waals surface area (Å²) in [7, 11) is -1.59. The van der Waals surface area contributed by atoms with Crippen molar-refractivity contribution in [3.8, 4) is 0 Å². The maximum atomic E-state index is 13.0. The standard InChI is InChI=1S/C16H24N7O9P/c1-10-8-22(16(27)23(15(10)26)21-20-17)12-5-4-11(32-12)9-31-33(28,18-6-13(24)29-2)19-7-14(25)30-3/h8,11-12H,4-7,9H2,1-3H3,(H2,18,19,28)/t11-,12+/m0/s1. The molecule has 0 unspecified atom stereocenters. The maximum Gasteiger partial charge on any atom is 0.428 e. The molecule has 17 heteroatoms. The van der Waals surface area contributed by atoms with Gasteiger partial charge in [-0.25, -0.2) is 19.8 Å². The Morgan fingerprint density at radius 3 is 2.39 bits per heavy atom. The molecule has 1 aliphatic rings. The number of hydrogen-bond acceptors (Lipinski definition) is 10. The molecule has 2 atom stereocenters. The lowest BCUT2D eigenvalue weighted by atomic mass is 10.2. The van der Waals surface area contributed by atoms with Gasteiger partial charge in [-0.2, -0.15) is 4.91 Å². The highest BCUT2D eigenvalue weighted by atomic mass is 31.2.